The lowest BCUT2D eigenvalue weighted by Gasteiger charge is -2.21. The summed E-state index contributed by atoms with van der Waals surface area (Å²) in [5, 5.41) is 6.41. The number of fused-ring (bicyclic) bond motifs is 1. The van der Waals surface area contributed by atoms with Crippen LogP contribution in [0.15, 0.2) is 36.4 Å². The van der Waals surface area contributed by atoms with Gasteiger partial charge >= 0.3 is 0 Å². The van der Waals surface area contributed by atoms with Crippen molar-refractivity contribution in [3.05, 3.63) is 47.5 Å². The van der Waals surface area contributed by atoms with Crippen LogP contribution >= 0.6 is 0 Å². The van der Waals surface area contributed by atoms with Gasteiger partial charge in [0.05, 0.1) is 0 Å². The van der Waals surface area contributed by atoms with E-state index in [0.717, 1.165) is 13.0 Å². The first-order chi connectivity index (χ1) is 8.77. The summed E-state index contributed by atoms with van der Waals surface area (Å²) >= 11 is 0. The average Bonchev–Trinajstić information content (AvgIpc) is 2.41. The lowest BCUT2D eigenvalue weighted by Crippen LogP contribution is -2.22. The van der Waals surface area contributed by atoms with Gasteiger partial charge in [-0.2, -0.15) is 0 Å². The van der Waals surface area contributed by atoms with Crippen molar-refractivity contribution in [2.45, 2.75) is 39.7 Å². The maximum absolute atomic E-state index is 3.67. The first-order valence-electron chi connectivity index (χ1n) is 6.99. The van der Waals surface area contributed by atoms with Gasteiger partial charge < -0.3 is 5.32 Å². The topological polar surface area (TPSA) is 12.0 Å². The molecule has 1 heteroatoms. The van der Waals surface area contributed by atoms with E-state index < -0.39 is 0 Å². The number of nitrogens with one attached hydrogen (secondary N) is 1. The second-order valence-electron chi connectivity index (χ2n) is 4.93. The third kappa shape index (κ3) is 2.56. The fraction of sp³-hybridized carbons (Fsp3) is 0.412. The maximum atomic E-state index is 3.67. The summed E-state index contributed by atoms with van der Waals surface area (Å²) in [4.78, 5) is 0. The normalized spacial score (nSPS) is 12.8. The van der Waals surface area contributed by atoms with Crippen LogP contribution in [-0.2, 0) is 0 Å². The lowest BCUT2D eigenvalue weighted by atomic mass is 9.93. The summed E-state index contributed by atoms with van der Waals surface area (Å²) in [5.41, 5.74) is 2.87. The van der Waals surface area contributed by atoms with Gasteiger partial charge in [0.15, 0.2) is 0 Å². The second kappa shape index (κ2) is 6.01. The van der Waals surface area contributed by atoms with Gasteiger partial charge in [-0.25, -0.2) is 0 Å². The molecule has 1 N–H and O–H groups in total. The van der Waals surface area contributed by atoms with Crippen LogP contribution in [0.1, 0.15) is 43.9 Å². The van der Waals surface area contributed by atoms with Crippen molar-refractivity contribution in [3.63, 3.8) is 0 Å². The Balaban J connectivity index is 2.49. The second-order valence-corrected chi connectivity index (χ2v) is 4.93. The first-order valence-corrected chi connectivity index (χ1v) is 6.99. The van der Waals surface area contributed by atoms with Gasteiger partial charge in [0.2, 0.25) is 0 Å². The Morgan fingerprint density at radius 3 is 2.56 bits per heavy atom. The molecule has 96 valence electrons. The van der Waals surface area contributed by atoms with Crippen LogP contribution in [0.5, 0.6) is 0 Å². The molecule has 2 aromatic rings. The smallest absolute Gasteiger partial charge is 0.0326 e. The standard InChI is InChI=1S/C17H23N/c1-4-12-18-16(5-2)17-13(3)10-11-14-8-6-7-9-15(14)17/h6-11,16,18H,4-5,12H2,1-3H3. The van der Waals surface area contributed by atoms with Crippen molar-refractivity contribution >= 4 is 10.8 Å². The molecule has 0 saturated heterocycles. The van der Waals surface area contributed by atoms with Crippen molar-refractivity contribution in [2.75, 3.05) is 6.54 Å². The van der Waals surface area contributed by atoms with Gasteiger partial charge in [-0.05, 0) is 48.2 Å². The number of hydrogen-bond acceptors (Lipinski definition) is 1. The van der Waals surface area contributed by atoms with E-state index in [-0.39, 0.29) is 0 Å². The molecule has 0 aliphatic rings. The Hall–Kier alpha value is -1.34. The molecule has 0 aliphatic heterocycles. The summed E-state index contributed by atoms with van der Waals surface area (Å²) in [6, 6.07) is 13.6. The molecule has 0 aromatic heterocycles. The quantitative estimate of drug-likeness (QED) is 0.806. The molecule has 1 nitrogen and oxygen atoms in total. The van der Waals surface area contributed by atoms with E-state index in [1.54, 1.807) is 0 Å². The molecule has 0 heterocycles. The Morgan fingerprint density at radius 1 is 1.06 bits per heavy atom. The van der Waals surface area contributed by atoms with Gasteiger partial charge in [0.25, 0.3) is 0 Å². The monoisotopic (exact) mass is 241 g/mol. The van der Waals surface area contributed by atoms with Crippen LogP contribution in [0.4, 0.5) is 0 Å². The molecule has 18 heavy (non-hydrogen) atoms. The van der Waals surface area contributed by atoms with Gasteiger partial charge in [-0.3, -0.25) is 0 Å². The van der Waals surface area contributed by atoms with Crippen LogP contribution in [0.3, 0.4) is 0 Å². The fourth-order valence-electron chi connectivity index (χ4n) is 2.64. The summed E-state index contributed by atoms with van der Waals surface area (Å²) in [5.74, 6) is 0. The third-order valence-corrected chi connectivity index (χ3v) is 3.59. The van der Waals surface area contributed by atoms with Crippen LogP contribution < -0.4 is 5.32 Å². The van der Waals surface area contributed by atoms with Gasteiger partial charge in [0.1, 0.15) is 0 Å². The highest BCUT2D eigenvalue weighted by atomic mass is 14.9. The number of aryl methyl sites for hydroxylation is 1. The van der Waals surface area contributed by atoms with Crippen molar-refractivity contribution < 1.29 is 0 Å². The zero-order chi connectivity index (χ0) is 13.0. The highest BCUT2D eigenvalue weighted by molar-refractivity contribution is 5.87. The molecule has 0 fully saturated rings. The summed E-state index contributed by atoms with van der Waals surface area (Å²) < 4.78 is 0. The van der Waals surface area contributed by atoms with E-state index in [1.807, 2.05) is 0 Å². The average molecular weight is 241 g/mol. The summed E-state index contributed by atoms with van der Waals surface area (Å²) in [6.45, 7) is 7.78. The van der Waals surface area contributed by atoms with E-state index in [1.165, 1.54) is 28.3 Å². The van der Waals surface area contributed by atoms with Crippen LogP contribution in [0.2, 0.25) is 0 Å². The van der Waals surface area contributed by atoms with E-state index in [2.05, 4.69) is 62.5 Å². The fourth-order valence-corrected chi connectivity index (χ4v) is 2.64. The maximum Gasteiger partial charge on any atom is 0.0326 e. The molecule has 0 aliphatic carbocycles. The SMILES string of the molecule is CCCNC(CC)c1c(C)ccc2ccccc12. The summed E-state index contributed by atoms with van der Waals surface area (Å²) in [6.07, 6.45) is 2.31. The molecule has 1 unspecified atom stereocenters. The van der Waals surface area contributed by atoms with Crippen LogP contribution in [-0.4, -0.2) is 6.54 Å². The molecule has 0 spiro atoms. The minimum atomic E-state index is 0.469. The summed E-state index contributed by atoms with van der Waals surface area (Å²) in [7, 11) is 0. The molecule has 0 radical (unpaired) electrons. The van der Waals surface area contributed by atoms with Gasteiger partial charge in [-0.15, -0.1) is 0 Å². The highest BCUT2D eigenvalue weighted by Gasteiger charge is 2.13. The Labute approximate surface area is 110 Å². The number of benzene rings is 2. The molecule has 2 aromatic carbocycles. The Bertz CT molecular complexity index is 516. The van der Waals surface area contributed by atoms with Crippen LogP contribution in [0.25, 0.3) is 10.8 Å². The van der Waals surface area contributed by atoms with E-state index in [4.69, 9.17) is 0 Å². The molecule has 0 saturated carbocycles. The number of rotatable bonds is 5. The molecule has 1 atom stereocenters. The van der Waals surface area contributed by atoms with E-state index in [9.17, 15) is 0 Å². The molecule has 0 bridgehead atoms. The minimum Gasteiger partial charge on any atom is -0.310 e. The number of hydrogen-bond donors (Lipinski definition) is 1. The van der Waals surface area contributed by atoms with E-state index >= 15 is 0 Å². The molecule has 0 amide bonds. The predicted octanol–water partition coefficient (Wildman–Crippen LogP) is 4.60. The Morgan fingerprint density at radius 2 is 1.83 bits per heavy atom. The third-order valence-electron chi connectivity index (χ3n) is 3.59. The van der Waals surface area contributed by atoms with Gasteiger partial charge in [-0.1, -0.05) is 50.2 Å². The highest BCUT2D eigenvalue weighted by Crippen LogP contribution is 2.29. The van der Waals surface area contributed by atoms with Crippen molar-refractivity contribution in [1.82, 2.24) is 5.32 Å². The molecule has 2 rings (SSSR count). The lowest BCUT2D eigenvalue weighted by molar-refractivity contribution is 0.519. The zero-order valence-corrected chi connectivity index (χ0v) is 11.7. The molecular weight excluding hydrogens is 218 g/mol. The van der Waals surface area contributed by atoms with Crippen molar-refractivity contribution in [3.8, 4) is 0 Å². The van der Waals surface area contributed by atoms with Crippen molar-refractivity contribution in [2.24, 2.45) is 0 Å². The van der Waals surface area contributed by atoms with Crippen molar-refractivity contribution in [1.29, 1.82) is 0 Å². The first kappa shape index (κ1) is 13.1. The predicted molar refractivity (Wildman–Crippen MR) is 80.0 cm³/mol. The largest absolute Gasteiger partial charge is 0.310 e. The zero-order valence-electron chi connectivity index (χ0n) is 11.7. The van der Waals surface area contributed by atoms with Crippen LogP contribution in [0, 0.1) is 6.92 Å². The minimum absolute atomic E-state index is 0.469. The molecular formula is C17H23N. The Kier molecular flexibility index (Phi) is 4.38. The van der Waals surface area contributed by atoms with E-state index in [0.29, 0.717) is 6.04 Å². The van der Waals surface area contributed by atoms with Gasteiger partial charge in [0, 0.05) is 6.04 Å².